The highest BCUT2D eigenvalue weighted by molar-refractivity contribution is 9.10. The van der Waals surface area contributed by atoms with Gasteiger partial charge >= 0.3 is 5.69 Å². The molecule has 0 fully saturated rings. The standard InChI is InChI=1S/C20H16BrN3O4/c1-11-9-16(12(2)8-15(11)21)24-19(27)14(18(26)23-20(24)28)10-22-17(25)13-6-4-3-5-7-13/h3-10,27H,1-2H3,(H,23,26,28). The molecule has 28 heavy (non-hydrogen) atoms. The van der Waals surface area contributed by atoms with Gasteiger partial charge in [-0.15, -0.1) is 0 Å². The summed E-state index contributed by atoms with van der Waals surface area (Å²) in [5, 5.41) is 10.6. The van der Waals surface area contributed by atoms with Crippen LogP contribution >= 0.6 is 15.9 Å². The van der Waals surface area contributed by atoms with E-state index < -0.39 is 23.0 Å². The number of carbonyl (C=O) groups is 1. The summed E-state index contributed by atoms with van der Waals surface area (Å²) in [5.74, 6) is -1.17. The minimum atomic E-state index is -0.838. The summed E-state index contributed by atoms with van der Waals surface area (Å²) in [6.07, 6.45) is 0.959. The van der Waals surface area contributed by atoms with Gasteiger partial charge in [0, 0.05) is 16.3 Å². The molecule has 0 aliphatic rings. The fraction of sp³-hybridized carbons (Fsp3) is 0.100. The Labute approximate surface area is 168 Å². The van der Waals surface area contributed by atoms with Crippen molar-refractivity contribution in [1.29, 1.82) is 0 Å². The number of H-pyrrole nitrogens is 1. The quantitative estimate of drug-likeness (QED) is 0.609. The number of nitrogens with one attached hydrogen (secondary N) is 1. The third-order valence-corrected chi connectivity index (χ3v) is 5.02. The number of rotatable bonds is 3. The molecule has 2 N–H and O–H groups in total. The van der Waals surface area contributed by atoms with Crippen LogP contribution in [-0.4, -0.2) is 26.8 Å². The molecule has 3 aromatic rings. The zero-order valence-corrected chi connectivity index (χ0v) is 16.6. The number of amides is 1. The van der Waals surface area contributed by atoms with Gasteiger partial charge in [-0.25, -0.2) is 14.4 Å². The van der Waals surface area contributed by atoms with E-state index in [-0.39, 0.29) is 5.56 Å². The Hall–Kier alpha value is -3.26. The van der Waals surface area contributed by atoms with Crippen molar-refractivity contribution in [3.05, 3.63) is 90.0 Å². The summed E-state index contributed by atoms with van der Waals surface area (Å²) in [6, 6.07) is 11.8. The van der Waals surface area contributed by atoms with Crippen LogP contribution in [0.4, 0.5) is 0 Å². The molecule has 1 aromatic heterocycles. The molecule has 0 atom stereocenters. The summed E-state index contributed by atoms with van der Waals surface area (Å²) in [6.45, 7) is 3.60. The van der Waals surface area contributed by atoms with Crippen LogP contribution in [0.1, 0.15) is 27.0 Å². The average Bonchev–Trinajstić information content (AvgIpc) is 2.65. The van der Waals surface area contributed by atoms with E-state index in [4.69, 9.17) is 0 Å². The van der Waals surface area contributed by atoms with Crippen LogP contribution in [0.15, 0.2) is 61.5 Å². The van der Waals surface area contributed by atoms with E-state index in [0.29, 0.717) is 16.8 Å². The zero-order chi connectivity index (χ0) is 20.4. The van der Waals surface area contributed by atoms with Gasteiger partial charge in [-0.05, 0) is 49.2 Å². The molecule has 1 amide bonds. The highest BCUT2D eigenvalue weighted by Gasteiger charge is 2.17. The Balaban J connectivity index is 2.13. The number of aliphatic imine (C=N–C) groups is 1. The molecule has 2 aromatic carbocycles. The van der Waals surface area contributed by atoms with Crippen molar-refractivity contribution in [3.8, 4) is 11.6 Å². The normalized spacial score (nSPS) is 11.1. The van der Waals surface area contributed by atoms with Gasteiger partial charge in [0.25, 0.3) is 11.5 Å². The fourth-order valence-electron chi connectivity index (χ4n) is 2.66. The molecule has 0 bridgehead atoms. The van der Waals surface area contributed by atoms with E-state index in [1.54, 1.807) is 49.4 Å². The van der Waals surface area contributed by atoms with Crippen molar-refractivity contribution in [2.45, 2.75) is 13.8 Å². The van der Waals surface area contributed by atoms with Crippen LogP contribution in [0.25, 0.3) is 5.69 Å². The Morgan fingerprint density at radius 2 is 1.82 bits per heavy atom. The number of halogens is 1. The first-order chi connectivity index (χ1) is 13.3. The van der Waals surface area contributed by atoms with Gasteiger partial charge in [0.15, 0.2) is 0 Å². The average molecular weight is 442 g/mol. The molecular weight excluding hydrogens is 426 g/mol. The van der Waals surface area contributed by atoms with Crippen molar-refractivity contribution >= 4 is 28.1 Å². The number of hydrogen-bond donors (Lipinski definition) is 2. The maximum absolute atomic E-state index is 12.3. The van der Waals surface area contributed by atoms with Gasteiger partial charge in [0.2, 0.25) is 5.88 Å². The minimum Gasteiger partial charge on any atom is -0.493 e. The van der Waals surface area contributed by atoms with Crippen molar-refractivity contribution in [1.82, 2.24) is 9.55 Å². The molecule has 8 heteroatoms. The lowest BCUT2D eigenvalue weighted by Crippen LogP contribution is -2.31. The maximum atomic E-state index is 12.3. The summed E-state index contributed by atoms with van der Waals surface area (Å²) in [5.41, 5.74) is 0.362. The van der Waals surface area contributed by atoms with E-state index in [0.717, 1.165) is 20.8 Å². The largest absolute Gasteiger partial charge is 0.493 e. The first kappa shape index (κ1) is 19.5. The Morgan fingerprint density at radius 1 is 1.14 bits per heavy atom. The fourth-order valence-corrected chi connectivity index (χ4v) is 3.12. The number of carbonyl (C=O) groups excluding carboxylic acids is 1. The topological polar surface area (TPSA) is 105 Å². The van der Waals surface area contributed by atoms with Crippen LogP contribution in [0.2, 0.25) is 0 Å². The third-order valence-electron chi connectivity index (χ3n) is 4.17. The van der Waals surface area contributed by atoms with Crippen molar-refractivity contribution < 1.29 is 9.90 Å². The number of nitrogens with zero attached hydrogens (tertiary/aromatic N) is 2. The maximum Gasteiger partial charge on any atom is 0.335 e. The van der Waals surface area contributed by atoms with E-state index in [1.807, 2.05) is 6.92 Å². The molecule has 0 spiro atoms. The second kappa shape index (κ2) is 7.77. The second-order valence-electron chi connectivity index (χ2n) is 6.15. The highest BCUT2D eigenvalue weighted by Crippen LogP contribution is 2.25. The lowest BCUT2D eigenvalue weighted by molar-refractivity contribution is 0.100. The highest BCUT2D eigenvalue weighted by atomic mass is 79.9. The van der Waals surface area contributed by atoms with Gasteiger partial charge < -0.3 is 5.11 Å². The molecule has 0 radical (unpaired) electrons. The monoisotopic (exact) mass is 441 g/mol. The van der Waals surface area contributed by atoms with Crippen LogP contribution in [0.5, 0.6) is 5.88 Å². The van der Waals surface area contributed by atoms with Crippen LogP contribution in [0, 0.1) is 13.8 Å². The van der Waals surface area contributed by atoms with E-state index in [2.05, 4.69) is 25.9 Å². The molecule has 7 nitrogen and oxygen atoms in total. The predicted octanol–water partition coefficient (Wildman–Crippen LogP) is 2.87. The van der Waals surface area contributed by atoms with Gasteiger partial charge in [-0.2, -0.15) is 0 Å². The number of aromatic hydroxyl groups is 1. The van der Waals surface area contributed by atoms with Crippen LogP contribution < -0.4 is 11.2 Å². The molecule has 3 rings (SSSR count). The van der Waals surface area contributed by atoms with Gasteiger partial charge in [-0.1, -0.05) is 34.1 Å². The van der Waals surface area contributed by atoms with Crippen molar-refractivity contribution in [2.75, 3.05) is 0 Å². The Kier molecular flexibility index (Phi) is 5.41. The van der Waals surface area contributed by atoms with Crippen LogP contribution in [-0.2, 0) is 0 Å². The molecule has 0 aliphatic carbocycles. The first-order valence-corrected chi connectivity index (χ1v) is 9.07. The lowest BCUT2D eigenvalue weighted by atomic mass is 10.1. The SMILES string of the molecule is Cc1cc(-n2c(O)c(C=NC(=O)c3ccccc3)c(=O)[nH]c2=O)c(C)cc1Br. The minimum absolute atomic E-state index is 0.288. The summed E-state index contributed by atoms with van der Waals surface area (Å²) < 4.78 is 1.82. The first-order valence-electron chi connectivity index (χ1n) is 8.28. The van der Waals surface area contributed by atoms with E-state index >= 15 is 0 Å². The number of hydrogen-bond acceptors (Lipinski definition) is 4. The third kappa shape index (κ3) is 3.72. The smallest absolute Gasteiger partial charge is 0.335 e. The Morgan fingerprint density at radius 3 is 2.50 bits per heavy atom. The van der Waals surface area contributed by atoms with E-state index in [1.165, 1.54) is 0 Å². The molecule has 0 saturated carbocycles. The summed E-state index contributed by atoms with van der Waals surface area (Å²) in [7, 11) is 0. The number of benzene rings is 2. The van der Waals surface area contributed by atoms with Gasteiger partial charge in [0.1, 0.15) is 5.56 Å². The summed E-state index contributed by atoms with van der Waals surface area (Å²) in [4.78, 5) is 42.5. The molecule has 0 aliphatic heterocycles. The van der Waals surface area contributed by atoms with Gasteiger partial charge in [0.05, 0.1) is 5.69 Å². The molecular formula is C20H16BrN3O4. The summed E-state index contributed by atoms with van der Waals surface area (Å²) >= 11 is 3.41. The molecule has 0 unspecified atom stereocenters. The van der Waals surface area contributed by atoms with Crippen molar-refractivity contribution in [3.63, 3.8) is 0 Å². The number of aromatic amines is 1. The lowest BCUT2D eigenvalue weighted by Gasteiger charge is -2.13. The van der Waals surface area contributed by atoms with E-state index in [9.17, 15) is 19.5 Å². The predicted molar refractivity (Wildman–Crippen MR) is 110 cm³/mol. The molecule has 0 saturated heterocycles. The van der Waals surface area contributed by atoms with Gasteiger partial charge in [-0.3, -0.25) is 14.6 Å². The number of aryl methyl sites for hydroxylation is 2. The second-order valence-corrected chi connectivity index (χ2v) is 7.00. The van der Waals surface area contributed by atoms with Crippen LogP contribution in [0.3, 0.4) is 0 Å². The zero-order valence-electron chi connectivity index (χ0n) is 15.1. The number of aromatic nitrogens is 2. The Bertz CT molecular complexity index is 1210. The molecule has 1 heterocycles. The van der Waals surface area contributed by atoms with Crippen molar-refractivity contribution in [2.24, 2.45) is 4.99 Å². The molecule has 142 valence electrons.